The predicted octanol–water partition coefficient (Wildman–Crippen LogP) is 1.12. The molecule has 7 nitrogen and oxygen atoms in total. The van der Waals surface area contributed by atoms with Crippen molar-refractivity contribution in [2.75, 3.05) is 19.6 Å². The fraction of sp³-hybridized carbons (Fsp3) is 0.556. The summed E-state index contributed by atoms with van der Waals surface area (Å²) >= 11 is 0. The van der Waals surface area contributed by atoms with E-state index in [1.165, 1.54) is 4.31 Å². The van der Waals surface area contributed by atoms with Gasteiger partial charge in [0.1, 0.15) is 0 Å². The van der Waals surface area contributed by atoms with E-state index in [1.54, 1.807) is 30.3 Å². The second kappa shape index (κ2) is 9.14. The first-order chi connectivity index (χ1) is 12.3. The molecule has 0 spiro atoms. The first-order valence-electron chi connectivity index (χ1n) is 8.93. The summed E-state index contributed by atoms with van der Waals surface area (Å²) in [7, 11) is -3.50. The zero-order chi connectivity index (χ0) is 19.2. The highest BCUT2D eigenvalue weighted by Crippen LogP contribution is 2.23. The van der Waals surface area contributed by atoms with Gasteiger partial charge in [0.15, 0.2) is 0 Å². The maximum absolute atomic E-state index is 12.6. The van der Waals surface area contributed by atoms with Crippen LogP contribution in [0.1, 0.15) is 33.1 Å². The number of hydrogen-bond donors (Lipinski definition) is 2. The number of carbonyl (C=O) groups excluding carboxylic acids is 2. The zero-order valence-corrected chi connectivity index (χ0v) is 16.1. The minimum atomic E-state index is -3.50. The largest absolute Gasteiger partial charge is 0.355 e. The summed E-state index contributed by atoms with van der Waals surface area (Å²) in [6, 6.07) is 8.41. The Labute approximate surface area is 155 Å². The van der Waals surface area contributed by atoms with Crippen LogP contribution in [0.4, 0.5) is 0 Å². The molecule has 144 valence electrons. The van der Waals surface area contributed by atoms with Crippen LogP contribution in [0.2, 0.25) is 0 Å². The Balaban J connectivity index is 1.79. The van der Waals surface area contributed by atoms with Gasteiger partial charge in [-0.05, 0) is 38.8 Å². The van der Waals surface area contributed by atoms with E-state index in [1.807, 2.05) is 13.8 Å². The van der Waals surface area contributed by atoms with Crippen molar-refractivity contribution in [1.29, 1.82) is 0 Å². The number of benzene rings is 1. The van der Waals surface area contributed by atoms with Crippen LogP contribution in [0.25, 0.3) is 0 Å². The lowest BCUT2D eigenvalue weighted by molar-refractivity contribution is -0.126. The van der Waals surface area contributed by atoms with E-state index >= 15 is 0 Å². The zero-order valence-electron chi connectivity index (χ0n) is 15.3. The molecular formula is C18H27N3O4S. The number of amides is 2. The third kappa shape index (κ3) is 5.54. The van der Waals surface area contributed by atoms with Crippen LogP contribution in [-0.2, 0) is 19.6 Å². The molecule has 2 amide bonds. The summed E-state index contributed by atoms with van der Waals surface area (Å²) in [5.41, 5.74) is 0. The van der Waals surface area contributed by atoms with Crippen molar-refractivity contribution in [3.05, 3.63) is 30.3 Å². The molecule has 0 bridgehead atoms. The van der Waals surface area contributed by atoms with Gasteiger partial charge >= 0.3 is 0 Å². The summed E-state index contributed by atoms with van der Waals surface area (Å²) in [6.07, 6.45) is 1.21. The molecule has 0 atom stereocenters. The average Bonchev–Trinajstić information content (AvgIpc) is 2.62. The van der Waals surface area contributed by atoms with E-state index < -0.39 is 10.0 Å². The first-order valence-corrected chi connectivity index (χ1v) is 10.4. The fourth-order valence-electron chi connectivity index (χ4n) is 2.94. The second-order valence-electron chi connectivity index (χ2n) is 6.75. The molecule has 8 heteroatoms. The van der Waals surface area contributed by atoms with Crippen molar-refractivity contribution in [3.8, 4) is 0 Å². The monoisotopic (exact) mass is 381 g/mol. The lowest BCUT2D eigenvalue weighted by atomic mass is 9.97. The van der Waals surface area contributed by atoms with E-state index in [4.69, 9.17) is 0 Å². The number of nitrogens with one attached hydrogen (secondary N) is 2. The summed E-state index contributed by atoms with van der Waals surface area (Å²) < 4.78 is 26.6. The molecule has 26 heavy (non-hydrogen) atoms. The van der Waals surface area contributed by atoms with Crippen LogP contribution in [0.5, 0.6) is 0 Å². The van der Waals surface area contributed by atoms with Crippen molar-refractivity contribution in [2.24, 2.45) is 5.92 Å². The molecule has 0 radical (unpaired) electrons. The van der Waals surface area contributed by atoms with Gasteiger partial charge in [-0.1, -0.05) is 18.2 Å². The molecule has 2 rings (SSSR count). The number of sulfonamides is 1. The van der Waals surface area contributed by atoms with Gasteiger partial charge in [0, 0.05) is 38.0 Å². The summed E-state index contributed by atoms with van der Waals surface area (Å²) in [4.78, 5) is 24.1. The molecule has 0 aliphatic carbocycles. The lowest BCUT2D eigenvalue weighted by Gasteiger charge is -2.30. The molecule has 1 fully saturated rings. The normalized spacial score (nSPS) is 16.4. The fourth-order valence-corrected chi connectivity index (χ4v) is 4.43. The first kappa shape index (κ1) is 20.4. The molecule has 0 unspecified atom stereocenters. The molecule has 0 aromatic heterocycles. The van der Waals surface area contributed by atoms with E-state index in [-0.39, 0.29) is 35.1 Å². The van der Waals surface area contributed by atoms with Gasteiger partial charge in [-0.25, -0.2) is 8.42 Å². The van der Waals surface area contributed by atoms with Crippen molar-refractivity contribution in [2.45, 2.75) is 44.0 Å². The predicted molar refractivity (Wildman–Crippen MR) is 98.8 cm³/mol. The number of piperidine rings is 1. The molecule has 0 saturated carbocycles. The minimum absolute atomic E-state index is 0.0779. The summed E-state index contributed by atoms with van der Waals surface area (Å²) in [5, 5.41) is 5.54. The van der Waals surface area contributed by atoms with Gasteiger partial charge in [-0.15, -0.1) is 0 Å². The van der Waals surface area contributed by atoms with Crippen molar-refractivity contribution < 1.29 is 18.0 Å². The van der Waals surface area contributed by atoms with Crippen molar-refractivity contribution >= 4 is 21.8 Å². The smallest absolute Gasteiger partial charge is 0.243 e. The number of hydrogen-bond acceptors (Lipinski definition) is 4. The van der Waals surface area contributed by atoms with Gasteiger partial charge in [0.05, 0.1) is 4.90 Å². The standard InChI is InChI=1S/C18H27N3O4S/c1-14(2)20-17(22)8-11-19-18(23)15-9-12-21(13-10-15)26(24,25)16-6-4-3-5-7-16/h3-7,14-15H,8-13H2,1-2H3,(H,19,23)(H,20,22). The molecule has 1 aliphatic heterocycles. The lowest BCUT2D eigenvalue weighted by Crippen LogP contribution is -2.43. The molecule has 1 heterocycles. The topological polar surface area (TPSA) is 95.6 Å². The second-order valence-corrected chi connectivity index (χ2v) is 8.69. The summed E-state index contributed by atoms with van der Waals surface area (Å²) in [5.74, 6) is -0.423. The Morgan fingerprint density at radius 2 is 1.77 bits per heavy atom. The highest BCUT2D eigenvalue weighted by atomic mass is 32.2. The molecule has 1 aromatic carbocycles. The van der Waals surface area contributed by atoms with Crippen LogP contribution >= 0.6 is 0 Å². The minimum Gasteiger partial charge on any atom is -0.355 e. The molecule has 2 N–H and O–H groups in total. The van der Waals surface area contributed by atoms with Gasteiger partial charge in [-0.2, -0.15) is 4.31 Å². The Hall–Kier alpha value is -1.93. The Morgan fingerprint density at radius 3 is 2.35 bits per heavy atom. The van der Waals surface area contributed by atoms with Crippen LogP contribution in [0.15, 0.2) is 35.2 Å². The highest BCUT2D eigenvalue weighted by molar-refractivity contribution is 7.89. The quantitative estimate of drug-likeness (QED) is 0.740. The maximum Gasteiger partial charge on any atom is 0.243 e. The Morgan fingerprint density at radius 1 is 1.15 bits per heavy atom. The maximum atomic E-state index is 12.6. The van der Waals surface area contributed by atoms with Crippen LogP contribution in [0, 0.1) is 5.92 Å². The molecular weight excluding hydrogens is 354 g/mol. The van der Waals surface area contributed by atoms with Gasteiger partial charge in [0.2, 0.25) is 21.8 Å². The van der Waals surface area contributed by atoms with E-state index in [2.05, 4.69) is 10.6 Å². The highest BCUT2D eigenvalue weighted by Gasteiger charge is 2.31. The average molecular weight is 381 g/mol. The van der Waals surface area contributed by atoms with Crippen LogP contribution in [0.3, 0.4) is 0 Å². The molecule has 1 aromatic rings. The number of rotatable bonds is 7. The number of carbonyl (C=O) groups is 2. The van der Waals surface area contributed by atoms with Crippen molar-refractivity contribution in [1.82, 2.24) is 14.9 Å². The van der Waals surface area contributed by atoms with Gasteiger partial charge in [0.25, 0.3) is 0 Å². The Kier molecular flexibility index (Phi) is 7.16. The van der Waals surface area contributed by atoms with Crippen molar-refractivity contribution in [3.63, 3.8) is 0 Å². The van der Waals surface area contributed by atoms with Crippen LogP contribution < -0.4 is 10.6 Å². The van der Waals surface area contributed by atoms with Gasteiger partial charge in [-0.3, -0.25) is 9.59 Å². The third-order valence-corrected chi connectivity index (χ3v) is 6.22. The van der Waals surface area contributed by atoms with Crippen LogP contribution in [-0.4, -0.2) is 50.2 Å². The SMILES string of the molecule is CC(C)NC(=O)CCNC(=O)C1CCN(S(=O)(=O)c2ccccc2)CC1. The third-order valence-electron chi connectivity index (χ3n) is 4.31. The summed E-state index contributed by atoms with van der Waals surface area (Å²) in [6.45, 7) is 4.70. The van der Waals surface area contributed by atoms with E-state index in [9.17, 15) is 18.0 Å². The van der Waals surface area contributed by atoms with Gasteiger partial charge < -0.3 is 10.6 Å². The molecule has 1 aliphatic rings. The van der Waals surface area contributed by atoms with E-state index in [0.717, 1.165) is 0 Å². The Bertz CT molecular complexity index is 711. The van der Waals surface area contributed by atoms with E-state index in [0.29, 0.717) is 32.5 Å². The number of nitrogens with zero attached hydrogens (tertiary/aromatic N) is 1. The molecule has 1 saturated heterocycles.